The van der Waals surface area contributed by atoms with Crippen molar-refractivity contribution in [2.24, 2.45) is 0 Å². The summed E-state index contributed by atoms with van der Waals surface area (Å²) in [5.74, 6) is -1.18. The molecule has 1 aliphatic rings. The monoisotopic (exact) mass is 559 g/mol. The van der Waals surface area contributed by atoms with Crippen molar-refractivity contribution in [2.75, 3.05) is 19.6 Å². The lowest BCUT2D eigenvalue weighted by atomic mass is 9.79. The van der Waals surface area contributed by atoms with E-state index >= 15 is 0 Å². The predicted octanol–water partition coefficient (Wildman–Crippen LogP) is 5.01. The number of nitrogens with one attached hydrogen (secondary N) is 2. The molecule has 1 saturated heterocycles. The molecule has 0 saturated carbocycles. The molecular weight excluding hydrogens is 516 g/mol. The van der Waals surface area contributed by atoms with Gasteiger partial charge in [-0.1, -0.05) is 38.1 Å². The van der Waals surface area contributed by atoms with E-state index in [9.17, 15) is 23.5 Å². The normalized spacial score (nSPS) is 19.4. The number of carbonyl (C=O) groups excluding carboxylic acids is 2. The molecule has 1 heterocycles. The van der Waals surface area contributed by atoms with Gasteiger partial charge < -0.3 is 25.4 Å². The summed E-state index contributed by atoms with van der Waals surface area (Å²) in [4.78, 5) is 27.5. The number of aliphatic hydroxyl groups is 1. The van der Waals surface area contributed by atoms with Crippen LogP contribution in [0.25, 0.3) is 0 Å². The molecule has 2 amide bonds. The summed E-state index contributed by atoms with van der Waals surface area (Å²) >= 11 is 0. The van der Waals surface area contributed by atoms with Gasteiger partial charge in [0.05, 0.1) is 17.7 Å². The van der Waals surface area contributed by atoms with Gasteiger partial charge in [-0.05, 0) is 75.3 Å². The average Bonchev–Trinajstić information content (AvgIpc) is 2.85. The second kappa shape index (κ2) is 13.1. The number of hydrogen-bond donors (Lipinski definition) is 3. The molecule has 3 N–H and O–H groups in total. The third kappa shape index (κ3) is 8.48. The first kappa shape index (κ1) is 31.5. The van der Waals surface area contributed by atoms with Crippen molar-refractivity contribution in [1.29, 1.82) is 0 Å². The third-order valence-electron chi connectivity index (χ3n) is 7.30. The summed E-state index contributed by atoms with van der Waals surface area (Å²) in [5, 5.41) is 17.5. The van der Waals surface area contributed by atoms with Gasteiger partial charge in [-0.3, -0.25) is 4.79 Å². The topological polar surface area (TPSA) is 90.9 Å². The van der Waals surface area contributed by atoms with Gasteiger partial charge in [0.1, 0.15) is 17.2 Å². The Kier molecular flexibility index (Phi) is 10.3. The van der Waals surface area contributed by atoms with Crippen molar-refractivity contribution < 1.29 is 28.2 Å². The van der Waals surface area contributed by atoms with Crippen LogP contribution in [0.2, 0.25) is 0 Å². The van der Waals surface area contributed by atoms with E-state index in [2.05, 4.69) is 36.6 Å². The Morgan fingerprint density at radius 1 is 1.15 bits per heavy atom. The van der Waals surface area contributed by atoms with Crippen molar-refractivity contribution in [3.63, 3.8) is 0 Å². The fraction of sp³-hybridized carbons (Fsp3) is 0.548. The number of piperidine rings is 1. The zero-order chi connectivity index (χ0) is 29.7. The molecular formula is C31H43F2N3O4. The van der Waals surface area contributed by atoms with Crippen LogP contribution in [0.1, 0.15) is 77.0 Å². The van der Waals surface area contributed by atoms with E-state index in [4.69, 9.17) is 4.74 Å². The second-order valence-corrected chi connectivity index (χ2v) is 11.9. The Morgan fingerprint density at radius 3 is 2.40 bits per heavy atom. The number of likely N-dealkylation sites (tertiary alicyclic amines) is 1. The van der Waals surface area contributed by atoms with Crippen molar-refractivity contribution in [1.82, 2.24) is 15.5 Å². The molecule has 9 heteroatoms. The second-order valence-electron chi connectivity index (χ2n) is 11.9. The van der Waals surface area contributed by atoms with E-state index in [1.807, 2.05) is 24.0 Å². The zero-order valence-electron chi connectivity index (χ0n) is 24.4. The van der Waals surface area contributed by atoms with Crippen LogP contribution < -0.4 is 10.6 Å². The zero-order valence-corrected chi connectivity index (χ0v) is 24.4. The first-order chi connectivity index (χ1) is 18.7. The van der Waals surface area contributed by atoms with Crippen LogP contribution in [0.15, 0.2) is 42.5 Å². The highest BCUT2D eigenvalue weighted by atomic mass is 19.1. The number of benzene rings is 2. The molecule has 0 spiro atoms. The Bertz CT molecular complexity index is 1160. The van der Waals surface area contributed by atoms with Gasteiger partial charge in [-0.2, -0.15) is 0 Å². The summed E-state index contributed by atoms with van der Waals surface area (Å²) in [7, 11) is 0. The maximum absolute atomic E-state index is 13.9. The van der Waals surface area contributed by atoms with Crippen LogP contribution in [0, 0.1) is 11.6 Å². The van der Waals surface area contributed by atoms with E-state index in [0.29, 0.717) is 25.4 Å². The molecule has 220 valence electrons. The molecule has 3 rings (SSSR count). The minimum atomic E-state index is -1.16. The van der Waals surface area contributed by atoms with Crippen molar-refractivity contribution in [2.45, 2.75) is 90.0 Å². The van der Waals surface area contributed by atoms with Gasteiger partial charge in [0, 0.05) is 32.1 Å². The summed E-state index contributed by atoms with van der Waals surface area (Å²) in [6.07, 6.45) is -1.09. The summed E-state index contributed by atoms with van der Waals surface area (Å²) in [6, 6.07) is 10.3. The van der Waals surface area contributed by atoms with Gasteiger partial charge in [0.15, 0.2) is 0 Å². The Hall–Kier alpha value is -3.04. The van der Waals surface area contributed by atoms with Crippen LogP contribution in [0.3, 0.4) is 0 Å². The van der Waals surface area contributed by atoms with E-state index in [-0.39, 0.29) is 30.9 Å². The number of carbonyl (C=O) groups is 2. The van der Waals surface area contributed by atoms with Gasteiger partial charge in [0.25, 0.3) is 0 Å². The predicted molar refractivity (Wildman–Crippen MR) is 151 cm³/mol. The summed E-state index contributed by atoms with van der Waals surface area (Å²) in [5.41, 5.74) is 0.877. The molecule has 40 heavy (non-hydrogen) atoms. The highest BCUT2D eigenvalue weighted by Crippen LogP contribution is 2.35. The lowest BCUT2D eigenvalue weighted by Crippen LogP contribution is -2.57. The van der Waals surface area contributed by atoms with Gasteiger partial charge in [0.2, 0.25) is 5.91 Å². The van der Waals surface area contributed by atoms with E-state index in [1.54, 1.807) is 20.8 Å². The van der Waals surface area contributed by atoms with E-state index in [0.717, 1.165) is 17.2 Å². The fourth-order valence-corrected chi connectivity index (χ4v) is 5.11. The van der Waals surface area contributed by atoms with Crippen molar-refractivity contribution in [3.05, 3.63) is 70.8 Å². The van der Waals surface area contributed by atoms with Crippen LogP contribution in [-0.4, -0.2) is 59.4 Å². The standard InChI is InChI=1S/C31H43F2N3O4/c1-7-36-12-11-31(18-28(36)38,23-10-8-9-22(16-23)20(2)3)34-19-27(37)26(35-29(39)40-30(4,5)6)15-21-13-24(32)17-25(33)14-21/h8-10,13-14,16-17,20,26-27,34,37H,7,11-12,15,18-19H2,1-6H3,(H,35,39). The largest absolute Gasteiger partial charge is 0.444 e. The molecule has 0 aromatic heterocycles. The summed E-state index contributed by atoms with van der Waals surface area (Å²) < 4.78 is 33.2. The van der Waals surface area contributed by atoms with Crippen molar-refractivity contribution >= 4 is 12.0 Å². The van der Waals surface area contributed by atoms with Gasteiger partial charge in [-0.25, -0.2) is 13.6 Å². The maximum atomic E-state index is 13.9. The number of halogens is 2. The Morgan fingerprint density at radius 2 is 1.82 bits per heavy atom. The van der Waals surface area contributed by atoms with E-state index in [1.165, 1.54) is 12.1 Å². The minimum Gasteiger partial charge on any atom is -0.444 e. The van der Waals surface area contributed by atoms with Crippen LogP contribution in [-0.2, 0) is 21.5 Å². The molecule has 7 nitrogen and oxygen atoms in total. The van der Waals surface area contributed by atoms with Gasteiger partial charge in [-0.15, -0.1) is 0 Å². The Balaban J connectivity index is 1.88. The first-order valence-electron chi connectivity index (χ1n) is 14.0. The van der Waals surface area contributed by atoms with E-state index < -0.39 is 41.0 Å². The number of nitrogens with zero attached hydrogens (tertiary/aromatic N) is 1. The number of hydrogen-bond acceptors (Lipinski definition) is 5. The lowest BCUT2D eigenvalue weighted by Gasteiger charge is -2.43. The van der Waals surface area contributed by atoms with Crippen LogP contribution in [0.4, 0.5) is 13.6 Å². The quantitative estimate of drug-likeness (QED) is 0.381. The summed E-state index contributed by atoms with van der Waals surface area (Å²) in [6.45, 7) is 12.5. The Labute approximate surface area is 236 Å². The molecule has 0 radical (unpaired) electrons. The number of alkyl carbamates (subject to hydrolysis) is 1. The SMILES string of the molecule is CCN1CCC(NCC(O)C(Cc2cc(F)cc(F)c2)NC(=O)OC(C)(C)C)(c2cccc(C(C)C)c2)CC1=O. The van der Waals surface area contributed by atoms with Crippen LogP contribution in [0.5, 0.6) is 0 Å². The molecule has 1 aliphatic heterocycles. The molecule has 1 fully saturated rings. The molecule has 2 aromatic carbocycles. The average molecular weight is 560 g/mol. The molecule has 0 bridgehead atoms. The molecule has 2 aromatic rings. The molecule has 3 unspecified atom stereocenters. The number of ether oxygens (including phenoxy) is 1. The number of amides is 2. The molecule has 0 aliphatic carbocycles. The highest BCUT2D eigenvalue weighted by molar-refractivity contribution is 5.79. The highest BCUT2D eigenvalue weighted by Gasteiger charge is 2.41. The lowest BCUT2D eigenvalue weighted by molar-refractivity contribution is -0.136. The maximum Gasteiger partial charge on any atom is 0.407 e. The van der Waals surface area contributed by atoms with Gasteiger partial charge >= 0.3 is 6.09 Å². The van der Waals surface area contributed by atoms with Crippen LogP contribution >= 0.6 is 0 Å². The number of aliphatic hydroxyl groups excluding tert-OH is 1. The smallest absolute Gasteiger partial charge is 0.407 e. The third-order valence-corrected chi connectivity index (χ3v) is 7.30. The fourth-order valence-electron chi connectivity index (χ4n) is 5.11. The minimum absolute atomic E-state index is 0.0174. The number of rotatable bonds is 10. The molecule has 3 atom stereocenters. The van der Waals surface area contributed by atoms with Crippen molar-refractivity contribution in [3.8, 4) is 0 Å². The first-order valence-corrected chi connectivity index (χ1v) is 14.0.